The molecule has 7 N–H and O–H groups in total. The van der Waals surface area contributed by atoms with E-state index in [1.807, 2.05) is 0 Å². The van der Waals surface area contributed by atoms with Gasteiger partial charge in [-0.1, -0.05) is 0 Å². The highest BCUT2D eigenvalue weighted by Crippen LogP contribution is 2.52. The lowest BCUT2D eigenvalue weighted by atomic mass is 9.60. The van der Waals surface area contributed by atoms with Gasteiger partial charge in [0.15, 0.2) is 17.1 Å². The lowest BCUT2D eigenvalue weighted by Gasteiger charge is -2.45. The summed E-state index contributed by atoms with van der Waals surface area (Å²) in [6, 6.07) is 0.889. The van der Waals surface area contributed by atoms with Gasteiger partial charge in [-0.15, -0.1) is 0 Å². The van der Waals surface area contributed by atoms with Gasteiger partial charge in [-0.05, 0) is 32.9 Å². The number of carbonyl (C=O) groups is 4. The monoisotopic (exact) mass is 489 g/mol. The van der Waals surface area contributed by atoms with Crippen molar-refractivity contribution in [1.82, 2.24) is 4.90 Å². The number of fused-ring (bicyclic) bond motifs is 3. The molecule has 0 radical (unpaired) electrons. The molecule has 0 aliphatic heterocycles. The molecule has 11 nitrogen and oxygen atoms in total. The molecule has 0 aromatic heterocycles. The maximum absolute atomic E-state index is 15.0. The number of rotatable bonds is 4. The number of amides is 2. The third kappa shape index (κ3) is 3.56. The predicted molar refractivity (Wildman–Crippen MR) is 118 cm³/mol. The Bertz CT molecular complexity index is 1270. The fourth-order valence-electron chi connectivity index (χ4n) is 5.21. The summed E-state index contributed by atoms with van der Waals surface area (Å²) >= 11 is 0. The zero-order valence-electron chi connectivity index (χ0n) is 18.9. The number of nitrogens with one attached hydrogen (secondary N) is 1. The minimum Gasteiger partial charge on any atom is -0.511 e. The molecule has 0 saturated heterocycles. The van der Waals surface area contributed by atoms with Crippen LogP contribution in [0.5, 0.6) is 5.75 Å². The molecule has 3 aliphatic rings. The number of hydrogen-bond acceptors (Lipinski definition) is 9. The Hall–Kier alpha value is -3.77. The number of aliphatic hydroxyl groups excluding tert-OH is 2. The number of nitrogens with zero attached hydrogens (tertiary/aromatic N) is 1. The van der Waals surface area contributed by atoms with E-state index in [0.29, 0.717) is 0 Å². The van der Waals surface area contributed by atoms with Crippen LogP contribution in [0.15, 0.2) is 28.7 Å². The average molecular weight is 489 g/mol. The maximum atomic E-state index is 15.0. The van der Waals surface area contributed by atoms with E-state index in [4.69, 9.17) is 5.73 Å². The summed E-state index contributed by atoms with van der Waals surface area (Å²) in [6.07, 6.45) is -0.649. The van der Waals surface area contributed by atoms with Gasteiger partial charge in [0.25, 0.3) is 5.91 Å². The fourth-order valence-corrected chi connectivity index (χ4v) is 5.21. The number of ketones is 2. The van der Waals surface area contributed by atoms with Gasteiger partial charge in [0, 0.05) is 29.5 Å². The molecule has 0 saturated carbocycles. The standard InChI is InChI=1S/C23H24FN3O8/c1-27(2)7-14(29)26-12-6-11(24)10-4-8-3-9-5-13(28)17(22(25)34)21(33)23(9,35)20(32)15(8)19(31)16(10)18(12)30/h6,8-9,28,30,32,35H,3-5,7H2,1-2H3,(H2,25,34)(H,26,29)/t8?,9-,23-/m0/s1. The van der Waals surface area contributed by atoms with Crippen LogP contribution in [-0.2, 0) is 20.8 Å². The number of primary amides is 1. The van der Waals surface area contributed by atoms with Gasteiger partial charge >= 0.3 is 0 Å². The molecule has 2 amide bonds. The van der Waals surface area contributed by atoms with Crippen molar-refractivity contribution < 1.29 is 44.0 Å². The summed E-state index contributed by atoms with van der Waals surface area (Å²) < 4.78 is 15.0. The largest absolute Gasteiger partial charge is 0.511 e. The first-order chi connectivity index (χ1) is 16.3. The van der Waals surface area contributed by atoms with Crippen LogP contribution in [0.4, 0.5) is 10.1 Å². The van der Waals surface area contributed by atoms with Crippen molar-refractivity contribution in [2.75, 3.05) is 26.0 Å². The molecule has 12 heteroatoms. The van der Waals surface area contributed by atoms with E-state index in [-0.39, 0.29) is 37.1 Å². The Labute approximate surface area is 198 Å². The Morgan fingerprint density at radius 3 is 2.49 bits per heavy atom. The Balaban J connectivity index is 1.83. The van der Waals surface area contributed by atoms with Crippen molar-refractivity contribution in [3.05, 3.63) is 45.7 Å². The lowest BCUT2D eigenvalue weighted by Crippen LogP contribution is -2.57. The molecular weight excluding hydrogens is 465 g/mol. The minimum atomic E-state index is -2.71. The summed E-state index contributed by atoms with van der Waals surface area (Å²) in [5.41, 5.74) is 0.137. The molecule has 0 bridgehead atoms. The highest BCUT2D eigenvalue weighted by Gasteiger charge is 2.59. The van der Waals surface area contributed by atoms with Crippen molar-refractivity contribution in [3.63, 3.8) is 0 Å². The van der Waals surface area contributed by atoms with E-state index < -0.39 is 80.6 Å². The zero-order valence-corrected chi connectivity index (χ0v) is 18.9. The Morgan fingerprint density at radius 1 is 1.23 bits per heavy atom. The second-order valence-electron chi connectivity index (χ2n) is 9.30. The van der Waals surface area contributed by atoms with Crippen LogP contribution in [0.3, 0.4) is 0 Å². The molecular formula is C23H24FN3O8. The summed E-state index contributed by atoms with van der Waals surface area (Å²) in [5, 5.41) is 45.4. The van der Waals surface area contributed by atoms with Gasteiger partial charge in [-0.3, -0.25) is 19.2 Å². The summed E-state index contributed by atoms with van der Waals surface area (Å²) in [6.45, 7) is -0.0841. The van der Waals surface area contributed by atoms with Gasteiger partial charge in [0.05, 0.1) is 17.8 Å². The number of phenols is 1. The lowest BCUT2D eigenvalue weighted by molar-refractivity contribution is -0.144. The van der Waals surface area contributed by atoms with Crippen LogP contribution in [0, 0.1) is 17.7 Å². The molecule has 3 atom stereocenters. The van der Waals surface area contributed by atoms with Gasteiger partial charge in [0.2, 0.25) is 11.7 Å². The third-order valence-corrected chi connectivity index (χ3v) is 6.74. The number of halogens is 1. The van der Waals surface area contributed by atoms with E-state index in [0.717, 1.165) is 6.07 Å². The molecule has 1 aromatic rings. The van der Waals surface area contributed by atoms with E-state index in [1.165, 1.54) is 4.90 Å². The highest BCUT2D eigenvalue weighted by atomic mass is 19.1. The SMILES string of the molecule is CN(C)CC(=O)Nc1cc(F)c2c(c1O)C(=O)C1=C(O)[C@]3(O)C(=O)C(C(N)=O)=C(O)C[C@@H]3CC1C2. The first-order valence-corrected chi connectivity index (χ1v) is 10.7. The van der Waals surface area contributed by atoms with E-state index in [2.05, 4.69) is 5.32 Å². The second-order valence-corrected chi connectivity index (χ2v) is 9.30. The number of allylic oxidation sites excluding steroid dienone is 2. The number of Topliss-reactive ketones (excluding diaryl/α,β-unsaturated/α-hetero) is 2. The number of likely N-dealkylation sites (N-methyl/N-ethyl adjacent to an activating group) is 1. The number of carbonyl (C=O) groups excluding carboxylic acids is 4. The number of nitrogens with two attached hydrogens (primary N) is 1. The first-order valence-electron chi connectivity index (χ1n) is 10.7. The number of anilines is 1. The van der Waals surface area contributed by atoms with Crippen molar-refractivity contribution in [2.24, 2.45) is 17.6 Å². The molecule has 0 spiro atoms. The van der Waals surface area contributed by atoms with Crippen LogP contribution in [-0.4, -0.2) is 74.9 Å². The molecule has 1 unspecified atom stereocenters. The molecule has 186 valence electrons. The van der Waals surface area contributed by atoms with Gasteiger partial charge < -0.3 is 36.4 Å². The first kappa shape index (κ1) is 24.4. The van der Waals surface area contributed by atoms with E-state index >= 15 is 4.39 Å². The highest BCUT2D eigenvalue weighted by molar-refractivity contribution is 6.24. The second kappa shape index (κ2) is 8.17. The third-order valence-electron chi connectivity index (χ3n) is 6.74. The predicted octanol–water partition coefficient (Wildman–Crippen LogP) is 0.220. The molecule has 4 rings (SSSR count). The van der Waals surface area contributed by atoms with Crippen LogP contribution in [0.2, 0.25) is 0 Å². The Morgan fingerprint density at radius 2 is 1.89 bits per heavy atom. The van der Waals surface area contributed by atoms with Crippen molar-refractivity contribution in [1.29, 1.82) is 0 Å². The molecule has 35 heavy (non-hydrogen) atoms. The molecule has 1 aromatic carbocycles. The number of hydrogen-bond donors (Lipinski definition) is 6. The van der Waals surface area contributed by atoms with Crippen LogP contribution in [0.1, 0.15) is 28.8 Å². The van der Waals surface area contributed by atoms with Crippen molar-refractivity contribution >= 4 is 29.1 Å². The fraction of sp³-hybridized carbons (Fsp3) is 0.391. The molecule has 3 aliphatic carbocycles. The van der Waals surface area contributed by atoms with E-state index in [9.17, 15) is 39.6 Å². The van der Waals surface area contributed by atoms with Gasteiger partial charge in [0.1, 0.15) is 22.9 Å². The van der Waals surface area contributed by atoms with Crippen LogP contribution < -0.4 is 11.1 Å². The quantitative estimate of drug-likeness (QED) is 0.254. The number of aromatic hydroxyl groups is 1. The van der Waals surface area contributed by atoms with Gasteiger partial charge in [-0.2, -0.15) is 0 Å². The van der Waals surface area contributed by atoms with E-state index in [1.54, 1.807) is 14.1 Å². The average Bonchev–Trinajstić information content (AvgIpc) is 2.73. The Kier molecular flexibility index (Phi) is 5.68. The molecule has 0 heterocycles. The zero-order chi connectivity index (χ0) is 26.0. The smallest absolute Gasteiger partial charge is 0.255 e. The topological polar surface area (TPSA) is 190 Å². The maximum Gasteiger partial charge on any atom is 0.255 e. The molecule has 0 fully saturated rings. The van der Waals surface area contributed by atoms with Crippen LogP contribution in [0.25, 0.3) is 0 Å². The van der Waals surface area contributed by atoms with Crippen molar-refractivity contribution in [2.45, 2.75) is 24.9 Å². The summed E-state index contributed by atoms with van der Waals surface area (Å²) in [4.78, 5) is 51.7. The number of aliphatic hydroxyl groups is 3. The van der Waals surface area contributed by atoms with Crippen molar-refractivity contribution in [3.8, 4) is 5.75 Å². The minimum absolute atomic E-state index is 0.0841. The van der Waals surface area contributed by atoms with Gasteiger partial charge in [-0.25, -0.2) is 4.39 Å². The summed E-state index contributed by atoms with van der Waals surface area (Å²) in [5.74, 6) is -9.50. The van der Waals surface area contributed by atoms with Crippen LogP contribution >= 0.6 is 0 Å². The normalized spacial score (nSPS) is 25.9. The number of phenolic OH excluding ortho intramolecular Hbond substituents is 1. The summed E-state index contributed by atoms with van der Waals surface area (Å²) in [7, 11) is 3.25. The number of benzene rings is 1.